The summed E-state index contributed by atoms with van der Waals surface area (Å²) in [6.45, 7) is 9.88. The summed E-state index contributed by atoms with van der Waals surface area (Å²) in [5, 5.41) is 21.5. The lowest BCUT2D eigenvalue weighted by Crippen LogP contribution is -2.22. The Morgan fingerprint density at radius 3 is 2.25 bits per heavy atom. The molecule has 0 saturated carbocycles. The first-order valence-corrected chi connectivity index (χ1v) is 8.23. The number of aromatic hydroxyl groups is 2. The Labute approximate surface area is 143 Å². The molecule has 0 heterocycles. The van der Waals surface area contributed by atoms with Crippen LogP contribution in [0.1, 0.15) is 40.2 Å². The largest absolute Gasteiger partial charge is 0.507 e. The molecule has 0 bridgehead atoms. The summed E-state index contributed by atoms with van der Waals surface area (Å²) in [7, 11) is 0. The first-order valence-electron chi connectivity index (χ1n) is 8.23. The van der Waals surface area contributed by atoms with Crippen molar-refractivity contribution in [1.29, 1.82) is 0 Å². The van der Waals surface area contributed by atoms with E-state index in [0.29, 0.717) is 17.7 Å². The maximum Gasteiger partial charge on any atom is 0.172 e. The molecule has 0 aliphatic heterocycles. The van der Waals surface area contributed by atoms with Gasteiger partial charge < -0.3 is 19.7 Å². The number of phenolic OH excluding ortho intramolecular Hbond substituents is 2. The van der Waals surface area contributed by atoms with E-state index in [2.05, 4.69) is 0 Å². The third-order valence-corrected chi connectivity index (χ3v) is 3.80. The highest BCUT2D eigenvalue weighted by atomic mass is 16.5. The number of benzene rings is 2. The van der Waals surface area contributed by atoms with Gasteiger partial charge in [-0.3, -0.25) is 0 Å². The van der Waals surface area contributed by atoms with Crippen molar-refractivity contribution in [3.8, 4) is 28.4 Å². The highest BCUT2D eigenvalue weighted by molar-refractivity contribution is 5.81. The third-order valence-electron chi connectivity index (χ3n) is 3.80. The number of rotatable bonds is 6. The Bertz CT molecular complexity index is 691. The molecule has 0 fully saturated rings. The van der Waals surface area contributed by atoms with E-state index in [-0.39, 0.29) is 23.4 Å². The number of hydrogen-bond acceptors (Lipinski definition) is 4. The lowest BCUT2D eigenvalue weighted by atomic mass is 9.91. The van der Waals surface area contributed by atoms with Gasteiger partial charge in [0.2, 0.25) is 0 Å². The first kappa shape index (κ1) is 18.1. The van der Waals surface area contributed by atoms with Crippen LogP contribution in [0.5, 0.6) is 17.2 Å². The number of ether oxygens (including phenoxy) is 2. The molecule has 0 aliphatic rings. The summed E-state index contributed by atoms with van der Waals surface area (Å²) in [4.78, 5) is 0. The molecule has 2 aromatic carbocycles. The molecule has 0 spiro atoms. The van der Waals surface area contributed by atoms with Gasteiger partial charge in [-0.05, 0) is 46.2 Å². The van der Waals surface area contributed by atoms with E-state index in [1.54, 1.807) is 0 Å². The minimum absolute atomic E-state index is 0.0110. The zero-order valence-electron chi connectivity index (χ0n) is 15.0. The monoisotopic (exact) mass is 330 g/mol. The molecule has 4 heteroatoms. The standard InChI is InChI=1S/C20H26O4/c1-6-23-20(4,5)15-12-16(21)19(24-13(2)3)17(18(15)22)14-10-8-7-9-11-14/h7-13,21-22H,6H2,1-5H3. The van der Waals surface area contributed by atoms with E-state index in [4.69, 9.17) is 9.47 Å². The topological polar surface area (TPSA) is 58.9 Å². The van der Waals surface area contributed by atoms with Crippen molar-refractivity contribution in [2.45, 2.75) is 46.3 Å². The Hall–Kier alpha value is -2.20. The van der Waals surface area contributed by atoms with Crippen LogP contribution in [-0.2, 0) is 10.3 Å². The molecule has 2 aromatic rings. The number of hydrogen-bond donors (Lipinski definition) is 2. The lowest BCUT2D eigenvalue weighted by Gasteiger charge is -2.28. The molecular formula is C20H26O4. The van der Waals surface area contributed by atoms with Gasteiger partial charge in [-0.25, -0.2) is 0 Å². The average Bonchev–Trinajstić information content (AvgIpc) is 2.51. The zero-order valence-corrected chi connectivity index (χ0v) is 15.0. The Morgan fingerprint density at radius 1 is 1.08 bits per heavy atom. The Balaban J connectivity index is 2.74. The van der Waals surface area contributed by atoms with Crippen LogP contribution in [0.2, 0.25) is 0 Å². The highest BCUT2D eigenvalue weighted by Crippen LogP contribution is 2.49. The maximum atomic E-state index is 11.0. The van der Waals surface area contributed by atoms with Gasteiger partial charge in [0.15, 0.2) is 11.5 Å². The van der Waals surface area contributed by atoms with Crippen molar-refractivity contribution in [1.82, 2.24) is 0 Å². The molecule has 0 atom stereocenters. The first-order chi connectivity index (χ1) is 11.3. The van der Waals surface area contributed by atoms with Crippen LogP contribution in [0, 0.1) is 0 Å². The van der Waals surface area contributed by atoms with E-state index in [9.17, 15) is 10.2 Å². The Morgan fingerprint density at radius 2 is 1.71 bits per heavy atom. The second-order valence-electron chi connectivity index (χ2n) is 6.47. The predicted octanol–water partition coefficient (Wildman–Crippen LogP) is 4.82. The minimum Gasteiger partial charge on any atom is -0.507 e. The van der Waals surface area contributed by atoms with Gasteiger partial charge in [-0.2, -0.15) is 0 Å². The van der Waals surface area contributed by atoms with Crippen LogP contribution in [0.15, 0.2) is 36.4 Å². The second kappa shape index (κ2) is 7.14. The molecule has 0 amide bonds. The minimum atomic E-state index is -0.740. The van der Waals surface area contributed by atoms with Crippen molar-refractivity contribution in [2.75, 3.05) is 6.61 Å². The van der Waals surface area contributed by atoms with Crippen molar-refractivity contribution in [3.63, 3.8) is 0 Å². The quantitative estimate of drug-likeness (QED) is 0.745. The van der Waals surface area contributed by atoms with E-state index in [1.165, 1.54) is 6.07 Å². The van der Waals surface area contributed by atoms with Gasteiger partial charge in [0.25, 0.3) is 0 Å². The van der Waals surface area contributed by atoms with Gasteiger partial charge in [-0.15, -0.1) is 0 Å². The third kappa shape index (κ3) is 3.65. The summed E-state index contributed by atoms with van der Waals surface area (Å²) < 4.78 is 11.5. The second-order valence-corrected chi connectivity index (χ2v) is 6.47. The van der Waals surface area contributed by atoms with Crippen LogP contribution >= 0.6 is 0 Å². The smallest absolute Gasteiger partial charge is 0.172 e. The fourth-order valence-electron chi connectivity index (χ4n) is 2.77. The Kier molecular flexibility index (Phi) is 5.40. The van der Waals surface area contributed by atoms with Crippen LogP contribution < -0.4 is 4.74 Å². The molecule has 130 valence electrons. The molecule has 2 N–H and O–H groups in total. The lowest BCUT2D eigenvalue weighted by molar-refractivity contribution is -0.0156. The molecule has 24 heavy (non-hydrogen) atoms. The van der Waals surface area contributed by atoms with E-state index in [0.717, 1.165) is 5.56 Å². The molecule has 0 unspecified atom stereocenters. The van der Waals surface area contributed by atoms with Crippen molar-refractivity contribution >= 4 is 0 Å². The molecule has 4 nitrogen and oxygen atoms in total. The number of phenols is 2. The van der Waals surface area contributed by atoms with Crippen molar-refractivity contribution in [2.24, 2.45) is 0 Å². The molecule has 0 aliphatic carbocycles. The fraction of sp³-hybridized carbons (Fsp3) is 0.400. The maximum absolute atomic E-state index is 11.0. The SMILES string of the molecule is CCOC(C)(C)c1cc(O)c(OC(C)C)c(-c2ccccc2)c1O. The van der Waals surface area contributed by atoms with Crippen LogP contribution in [0.25, 0.3) is 11.1 Å². The summed E-state index contributed by atoms with van der Waals surface area (Å²) in [5.41, 5.74) is 1.04. The van der Waals surface area contributed by atoms with Gasteiger partial charge in [0.1, 0.15) is 5.75 Å². The molecule has 2 rings (SSSR count). The molecule has 0 radical (unpaired) electrons. The van der Waals surface area contributed by atoms with Gasteiger partial charge in [-0.1, -0.05) is 30.3 Å². The van der Waals surface area contributed by atoms with Crippen LogP contribution in [-0.4, -0.2) is 22.9 Å². The highest BCUT2D eigenvalue weighted by Gasteiger charge is 2.30. The van der Waals surface area contributed by atoms with E-state index in [1.807, 2.05) is 65.0 Å². The van der Waals surface area contributed by atoms with Crippen LogP contribution in [0.3, 0.4) is 0 Å². The van der Waals surface area contributed by atoms with E-state index >= 15 is 0 Å². The summed E-state index contributed by atoms with van der Waals surface area (Å²) in [5.74, 6) is 0.334. The average molecular weight is 330 g/mol. The summed E-state index contributed by atoms with van der Waals surface area (Å²) >= 11 is 0. The zero-order chi connectivity index (χ0) is 17.9. The molecule has 0 aromatic heterocycles. The van der Waals surface area contributed by atoms with Gasteiger partial charge in [0, 0.05) is 12.2 Å². The fourth-order valence-corrected chi connectivity index (χ4v) is 2.77. The van der Waals surface area contributed by atoms with Gasteiger partial charge >= 0.3 is 0 Å². The van der Waals surface area contributed by atoms with Gasteiger partial charge in [0.05, 0.1) is 17.3 Å². The normalized spacial score (nSPS) is 11.8. The van der Waals surface area contributed by atoms with Crippen molar-refractivity contribution < 1.29 is 19.7 Å². The predicted molar refractivity (Wildman–Crippen MR) is 95.6 cm³/mol. The summed E-state index contributed by atoms with van der Waals surface area (Å²) in [6, 6.07) is 10.9. The van der Waals surface area contributed by atoms with Crippen LogP contribution in [0.4, 0.5) is 0 Å². The van der Waals surface area contributed by atoms with Crippen molar-refractivity contribution in [3.05, 3.63) is 42.0 Å². The molecule has 0 saturated heterocycles. The summed E-state index contributed by atoms with van der Waals surface area (Å²) in [6.07, 6.45) is -0.136. The molecular weight excluding hydrogens is 304 g/mol. The van der Waals surface area contributed by atoms with E-state index < -0.39 is 5.60 Å².